The van der Waals surface area contributed by atoms with Crippen LogP contribution in [0, 0.1) is 29.6 Å². The highest BCUT2D eigenvalue weighted by atomic mass is 35.5. The molecule has 0 aliphatic heterocycles. The van der Waals surface area contributed by atoms with Crippen LogP contribution in [-0.2, 0) is 0 Å². The van der Waals surface area contributed by atoms with Crippen LogP contribution in [0.1, 0.15) is 71.9 Å². The van der Waals surface area contributed by atoms with E-state index in [1.165, 1.54) is 6.20 Å². The van der Waals surface area contributed by atoms with Crippen molar-refractivity contribution in [3.05, 3.63) is 106 Å². The van der Waals surface area contributed by atoms with Gasteiger partial charge in [0.2, 0.25) is 0 Å². The minimum atomic E-state index is -0.337. The van der Waals surface area contributed by atoms with E-state index in [1.54, 1.807) is 6.20 Å². The molecule has 3 heterocycles. The lowest BCUT2D eigenvalue weighted by Gasteiger charge is -2.23. The van der Waals surface area contributed by atoms with Crippen molar-refractivity contribution in [1.82, 2.24) is 25.0 Å². The first-order valence-corrected chi connectivity index (χ1v) is 14.2. The molecule has 2 unspecified atom stereocenters. The lowest BCUT2D eigenvalue weighted by Crippen LogP contribution is -2.15. The van der Waals surface area contributed by atoms with Crippen LogP contribution in [0.4, 0.5) is 11.4 Å². The van der Waals surface area contributed by atoms with Crippen molar-refractivity contribution < 1.29 is 0 Å². The number of nitriles is 2. The maximum absolute atomic E-state index is 10.0. The number of halogens is 1. The Hall–Kier alpha value is -4.99. The maximum atomic E-state index is 10.0. The number of pyridine rings is 2. The molecule has 6 rings (SSSR count). The minimum absolute atomic E-state index is 0.192. The van der Waals surface area contributed by atoms with E-state index in [2.05, 4.69) is 43.1 Å². The molecule has 1 saturated carbocycles. The summed E-state index contributed by atoms with van der Waals surface area (Å²) in [6.07, 6.45) is 8.44. The van der Waals surface area contributed by atoms with Gasteiger partial charge in [0, 0.05) is 41.1 Å². The fraction of sp³-hybridized carbons (Fsp3) is 0.250. The summed E-state index contributed by atoms with van der Waals surface area (Å²) in [5, 5.41) is 36.6. The van der Waals surface area contributed by atoms with Crippen molar-refractivity contribution in [1.29, 1.82) is 10.5 Å². The molecular formula is C32H28ClN9. The number of fused-ring (bicyclic) bond motifs is 1. The number of nitrogens with zero attached hydrogens (tertiary/aromatic N) is 7. The van der Waals surface area contributed by atoms with Crippen LogP contribution >= 0.6 is 11.6 Å². The number of nitrogens with one attached hydrogen (secondary N) is 2. The fourth-order valence-corrected chi connectivity index (χ4v) is 5.46. The van der Waals surface area contributed by atoms with E-state index in [0.717, 1.165) is 41.0 Å². The molecule has 3 aromatic heterocycles. The van der Waals surface area contributed by atoms with Crippen molar-refractivity contribution in [2.75, 3.05) is 10.6 Å². The summed E-state index contributed by atoms with van der Waals surface area (Å²) in [6, 6.07) is 22.0. The monoisotopic (exact) mass is 573 g/mol. The molecule has 0 saturated heterocycles. The molecule has 1 aliphatic rings. The summed E-state index contributed by atoms with van der Waals surface area (Å²) in [7, 11) is 0. The zero-order chi connectivity index (χ0) is 29.1. The first-order chi connectivity index (χ1) is 20.6. The number of aryl methyl sites for hydroxylation is 1. The SMILES string of the molecule is Cc1ncccc1C(Nc1cc(Cl)c2ncc(C#N)c(NC(CCC#N)c3ccccc3)c2c1)c1cn(C2CC2)nn1. The second-order valence-corrected chi connectivity index (χ2v) is 10.8. The number of rotatable bonds is 10. The molecule has 42 heavy (non-hydrogen) atoms. The Kier molecular flexibility index (Phi) is 7.68. The lowest BCUT2D eigenvalue weighted by molar-refractivity contribution is 0.610. The highest BCUT2D eigenvalue weighted by molar-refractivity contribution is 6.35. The molecule has 0 spiro atoms. The average Bonchev–Trinajstić information content (AvgIpc) is 3.75. The molecule has 0 bridgehead atoms. The minimum Gasteiger partial charge on any atom is -0.377 e. The normalized spacial score (nSPS) is 14.1. The van der Waals surface area contributed by atoms with E-state index >= 15 is 0 Å². The van der Waals surface area contributed by atoms with E-state index in [9.17, 15) is 10.5 Å². The molecule has 1 fully saturated rings. The van der Waals surface area contributed by atoms with Crippen molar-refractivity contribution >= 4 is 33.9 Å². The quantitative estimate of drug-likeness (QED) is 0.182. The Labute approximate surface area is 248 Å². The third-order valence-electron chi connectivity index (χ3n) is 7.53. The van der Waals surface area contributed by atoms with Crippen LogP contribution < -0.4 is 10.6 Å². The molecule has 5 aromatic rings. The molecule has 9 nitrogen and oxygen atoms in total. The highest BCUT2D eigenvalue weighted by Gasteiger charge is 2.28. The van der Waals surface area contributed by atoms with Crippen LogP contribution in [0.2, 0.25) is 5.02 Å². The predicted octanol–water partition coefficient (Wildman–Crippen LogP) is 7.05. The Bertz CT molecular complexity index is 1820. The molecule has 2 aromatic carbocycles. The van der Waals surface area contributed by atoms with Gasteiger partial charge in [-0.25, -0.2) is 4.68 Å². The van der Waals surface area contributed by atoms with Gasteiger partial charge in [-0.05, 0) is 49.9 Å². The largest absolute Gasteiger partial charge is 0.377 e. The van der Waals surface area contributed by atoms with E-state index in [0.29, 0.717) is 46.1 Å². The predicted molar refractivity (Wildman–Crippen MR) is 162 cm³/mol. The van der Waals surface area contributed by atoms with Gasteiger partial charge in [0.05, 0.1) is 52.2 Å². The maximum Gasteiger partial charge on any atom is 0.110 e. The molecular weight excluding hydrogens is 546 g/mol. The van der Waals surface area contributed by atoms with Gasteiger partial charge in [-0.1, -0.05) is 53.2 Å². The topological polar surface area (TPSA) is 128 Å². The summed E-state index contributed by atoms with van der Waals surface area (Å²) < 4.78 is 1.93. The first-order valence-electron chi connectivity index (χ1n) is 13.9. The lowest BCUT2D eigenvalue weighted by atomic mass is 10.00. The third kappa shape index (κ3) is 5.60. The molecule has 2 N–H and O–H groups in total. The van der Waals surface area contributed by atoms with Crippen LogP contribution in [-0.4, -0.2) is 25.0 Å². The second kappa shape index (κ2) is 11.9. The van der Waals surface area contributed by atoms with Crippen molar-refractivity contribution in [3.8, 4) is 12.1 Å². The van der Waals surface area contributed by atoms with E-state index in [-0.39, 0.29) is 12.1 Å². The summed E-state index contributed by atoms with van der Waals surface area (Å²) in [4.78, 5) is 9.04. The highest BCUT2D eigenvalue weighted by Crippen LogP contribution is 2.38. The van der Waals surface area contributed by atoms with Crippen LogP contribution in [0.5, 0.6) is 0 Å². The van der Waals surface area contributed by atoms with Gasteiger partial charge in [-0.2, -0.15) is 10.5 Å². The molecule has 0 amide bonds. The number of anilines is 2. The number of hydrogen-bond donors (Lipinski definition) is 2. The summed E-state index contributed by atoms with van der Waals surface area (Å²) in [6.45, 7) is 1.97. The summed E-state index contributed by atoms with van der Waals surface area (Å²) >= 11 is 6.83. The Morgan fingerprint density at radius 3 is 2.64 bits per heavy atom. The molecule has 2 atom stereocenters. The molecule has 0 radical (unpaired) electrons. The summed E-state index contributed by atoms with van der Waals surface area (Å²) in [5.74, 6) is 0. The number of aromatic nitrogens is 5. The standard InChI is InChI=1S/C32H28ClN9/c1-20-25(9-6-14-36-20)32(29-19-42(41-40-29)24-11-12-24)38-23-15-26-30(22(17-35)18-37-31(26)27(33)16-23)39-28(10-5-13-34)21-7-3-2-4-8-21/h2-4,6-9,14-16,18-19,24,28,32,38H,5,10-12H2,1H3,(H,37,39). The van der Waals surface area contributed by atoms with E-state index in [1.807, 2.05) is 72.4 Å². The fourth-order valence-electron chi connectivity index (χ4n) is 5.19. The van der Waals surface area contributed by atoms with Crippen molar-refractivity contribution in [2.45, 2.75) is 50.7 Å². The number of benzene rings is 2. The van der Waals surface area contributed by atoms with E-state index < -0.39 is 0 Å². The Morgan fingerprint density at radius 1 is 1.07 bits per heavy atom. The smallest absolute Gasteiger partial charge is 0.110 e. The first kappa shape index (κ1) is 27.2. The van der Waals surface area contributed by atoms with Crippen LogP contribution in [0.25, 0.3) is 10.9 Å². The van der Waals surface area contributed by atoms with Crippen molar-refractivity contribution in [2.24, 2.45) is 0 Å². The van der Waals surface area contributed by atoms with E-state index in [4.69, 9.17) is 11.6 Å². The van der Waals surface area contributed by atoms with Crippen LogP contribution in [0.15, 0.2) is 73.2 Å². The van der Waals surface area contributed by atoms with Gasteiger partial charge in [0.15, 0.2) is 0 Å². The van der Waals surface area contributed by atoms with Gasteiger partial charge in [-0.15, -0.1) is 5.10 Å². The van der Waals surface area contributed by atoms with Gasteiger partial charge < -0.3 is 10.6 Å². The van der Waals surface area contributed by atoms with Crippen LogP contribution in [0.3, 0.4) is 0 Å². The Morgan fingerprint density at radius 2 is 1.90 bits per heavy atom. The molecule has 10 heteroatoms. The number of hydrogen-bond acceptors (Lipinski definition) is 8. The average molecular weight is 574 g/mol. The Balaban J connectivity index is 1.43. The van der Waals surface area contributed by atoms with Crippen molar-refractivity contribution in [3.63, 3.8) is 0 Å². The zero-order valence-electron chi connectivity index (χ0n) is 23.0. The summed E-state index contributed by atoms with van der Waals surface area (Å²) in [5.41, 5.74) is 5.96. The third-order valence-corrected chi connectivity index (χ3v) is 7.81. The molecule has 208 valence electrons. The second-order valence-electron chi connectivity index (χ2n) is 10.4. The van der Waals surface area contributed by atoms with Gasteiger partial charge in [0.1, 0.15) is 11.8 Å². The van der Waals surface area contributed by atoms with Gasteiger partial charge >= 0.3 is 0 Å². The molecule has 1 aliphatic carbocycles. The van der Waals surface area contributed by atoms with Gasteiger partial charge in [0.25, 0.3) is 0 Å². The zero-order valence-corrected chi connectivity index (χ0v) is 23.8. The van der Waals surface area contributed by atoms with Gasteiger partial charge in [-0.3, -0.25) is 9.97 Å².